The molecule has 2 aliphatic carbocycles. The molecule has 0 aromatic heterocycles. The van der Waals surface area contributed by atoms with Crippen LogP contribution in [0.3, 0.4) is 0 Å². The van der Waals surface area contributed by atoms with Crippen LogP contribution in [0.5, 0.6) is 0 Å². The molecule has 0 saturated heterocycles. The minimum Gasteiger partial charge on any atom is -0.0683 e. The van der Waals surface area contributed by atoms with E-state index in [4.69, 9.17) is 0 Å². The van der Waals surface area contributed by atoms with Crippen molar-refractivity contribution < 1.29 is 0 Å². The van der Waals surface area contributed by atoms with E-state index >= 15 is 0 Å². The predicted octanol–water partition coefficient (Wildman–Crippen LogP) is 6.30. The van der Waals surface area contributed by atoms with Gasteiger partial charge in [-0.25, -0.2) is 0 Å². The van der Waals surface area contributed by atoms with Crippen molar-refractivity contribution in [3.05, 3.63) is 0 Å². The van der Waals surface area contributed by atoms with Gasteiger partial charge in [-0.05, 0) is 11.8 Å². The van der Waals surface area contributed by atoms with Crippen molar-refractivity contribution in [1.82, 2.24) is 0 Å². The summed E-state index contributed by atoms with van der Waals surface area (Å²) in [4.78, 5) is 0. The van der Waals surface area contributed by atoms with Crippen molar-refractivity contribution in [3.8, 4) is 0 Å². The van der Waals surface area contributed by atoms with Gasteiger partial charge >= 0.3 is 0 Å². The molecule has 0 aromatic rings. The summed E-state index contributed by atoms with van der Waals surface area (Å²) in [5.41, 5.74) is 0. The third-order valence-corrected chi connectivity index (χ3v) is 1.73. The molecule has 0 unspecified atom stereocenters. The zero-order chi connectivity index (χ0) is 12.7. The predicted molar refractivity (Wildman–Crippen MR) is 75.5 cm³/mol. The summed E-state index contributed by atoms with van der Waals surface area (Å²) in [5, 5.41) is 0. The lowest BCUT2D eigenvalue weighted by atomic mass is 10.5. The van der Waals surface area contributed by atoms with Gasteiger partial charge in [-0.2, -0.15) is 0 Å². The Hall–Kier alpha value is 0. The second-order valence-electron chi connectivity index (χ2n) is 4.07. The second kappa shape index (κ2) is 19.6. The molecule has 2 rings (SSSR count). The zero-order valence-corrected chi connectivity index (χ0v) is 12.7. The Bertz CT molecular complexity index is 58.1. The first-order valence-electron chi connectivity index (χ1n) is 7.20. The van der Waals surface area contributed by atoms with Crippen LogP contribution in [0, 0.1) is 11.8 Å². The molecule has 96 valence electrons. The lowest BCUT2D eigenvalue weighted by molar-refractivity contribution is 0.983. The molecule has 0 nitrogen and oxygen atoms in total. The largest absolute Gasteiger partial charge is 0.0683 e. The molecule has 0 spiro atoms. The Morgan fingerprint density at radius 2 is 0.733 bits per heavy atom. The number of hydrogen-bond acceptors (Lipinski definition) is 0. The molecule has 15 heavy (non-hydrogen) atoms. The normalized spacial score (nSPS) is 16.0. The first-order valence-corrected chi connectivity index (χ1v) is 7.20. The third kappa shape index (κ3) is 56.0. The van der Waals surface area contributed by atoms with Crippen LogP contribution in [-0.2, 0) is 0 Å². The molecular weight excluding hydrogens is 180 g/mol. The van der Waals surface area contributed by atoms with E-state index in [1.54, 1.807) is 0 Å². The maximum Gasteiger partial charge on any atom is -0.0443 e. The summed E-state index contributed by atoms with van der Waals surface area (Å²) in [7, 11) is 0. The van der Waals surface area contributed by atoms with Gasteiger partial charge in [-0.15, -0.1) is 0 Å². The summed E-state index contributed by atoms with van der Waals surface area (Å²) in [6.07, 6.45) is 7.19. The van der Waals surface area contributed by atoms with E-state index in [2.05, 4.69) is 27.7 Å². The quantitative estimate of drug-likeness (QED) is 0.445. The second-order valence-corrected chi connectivity index (χ2v) is 4.07. The number of hydrogen-bond donors (Lipinski definition) is 0. The Balaban J connectivity index is -0.000000126. The van der Waals surface area contributed by atoms with Crippen LogP contribution in [0.4, 0.5) is 0 Å². The van der Waals surface area contributed by atoms with Crippen molar-refractivity contribution in [1.29, 1.82) is 0 Å². The third-order valence-electron chi connectivity index (χ3n) is 1.73. The van der Waals surface area contributed by atoms with Gasteiger partial charge in [0.05, 0.1) is 0 Å². The SMILES string of the molecule is CC.CC.CC1CC1.CC1CC1.CCC. The maximum absolute atomic E-state index is 2.28. The maximum atomic E-state index is 2.28. The molecule has 2 aliphatic rings. The lowest BCUT2D eigenvalue weighted by Gasteiger charge is -1.53. The fraction of sp³-hybridized carbons (Fsp3) is 1.00. The molecule has 0 aromatic carbocycles. The van der Waals surface area contributed by atoms with Crippen LogP contribution >= 0.6 is 0 Å². The Morgan fingerprint density at radius 1 is 0.667 bits per heavy atom. The highest BCUT2D eigenvalue weighted by Gasteiger charge is 2.13. The standard InChI is InChI=1S/2C4H8.C3H8.2C2H6/c2*1-4-2-3-4;1-3-2;2*1-2/h2*4H,2-3H2,1H3;3H2,1-2H3;2*1-2H3. The minimum atomic E-state index is 1.08. The van der Waals surface area contributed by atoms with Gasteiger partial charge in [0.1, 0.15) is 0 Å². The van der Waals surface area contributed by atoms with E-state index in [-0.39, 0.29) is 0 Å². The Labute approximate surface area is 99.9 Å². The van der Waals surface area contributed by atoms with E-state index in [1.807, 2.05) is 27.7 Å². The molecule has 0 atom stereocenters. The van der Waals surface area contributed by atoms with E-state index < -0.39 is 0 Å². The van der Waals surface area contributed by atoms with Crippen molar-refractivity contribution in [3.63, 3.8) is 0 Å². The first kappa shape index (κ1) is 20.4. The zero-order valence-electron chi connectivity index (χ0n) is 12.7. The molecule has 0 N–H and O–H groups in total. The lowest BCUT2D eigenvalue weighted by Crippen LogP contribution is -1.42. The van der Waals surface area contributed by atoms with E-state index in [0.717, 1.165) is 11.8 Å². The molecule has 0 bridgehead atoms. The van der Waals surface area contributed by atoms with Crippen molar-refractivity contribution in [2.24, 2.45) is 11.8 Å². The van der Waals surface area contributed by atoms with Gasteiger partial charge in [0.25, 0.3) is 0 Å². The van der Waals surface area contributed by atoms with E-state index in [1.165, 1.54) is 32.1 Å². The Kier molecular flexibility index (Phi) is 26.6. The number of rotatable bonds is 0. The fourth-order valence-electron chi connectivity index (χ4n) is 0.333. The van der Waals surface area contributed by atoms with Gasteiger partial charge in [0.15, 0.2) is 0 Å². The fourth-order valence-corrected chi connectivity index (χ4v) is 0.333. The van der Waals surface area contributed by atoms with Crippen LogP contribution in [0.15, 0.2) is 0 Å². The summed E-state index contributed by atoms with van der Waals surface area (Å²) in [6.45, 7) is 16.8. The molecule has 2 fully saturated rings. The molecule has 2 saturated carbocycles. The first-order chi connectivity index (χ1) is 7.20. The average Bonchev–Trinajstić information content (AvgIpc) is 3.16. The van der Waals surface area contributed by atoms with Crippen LogP contribution in [0.25, 0.3) is 0 Å². The monoisotopic (exact) mass is 216 g/mol. The summed E-state index contributed by atoms with van der Waals surface area (Å²) in [5.74, 6) is 2.17. The van der Waals surface area contributed by atoms with Gasteiger partial charge in [-0.3, -0.25) is 0 Å². The van der Waals surface area contributed by atoms with Crippen LogP contribution < -0.4 is 0 Å². The Morgan fingerprint density at radius 3 is 0.733 bits per heavy atom. The highest BCUT2D eigenvalue weighted by atomic mass is 14.2. The van der Waals surface area contributed by atoms with Crippen molar-refractivity contribution in [2.45, 2.75) is 87.5 Å². The van der Waals surface area contributed by atoms with E-state index in [0.29, 0.717) is 0 Å². The minimum absolute atomic E-state index is 1.08. The van der Waals surface area contributed by atoms with Gasteiger partial charge < -0.3 is 0 Å². The molecule has 0 aliphatic heterocycles. The highest BCUT2D eigenvalue weighted by molar-refractivity contribution is 4.65. The van der Waals surface area contributed by atoms with Gasteiger partial charge in [0.2, 0.25) is 0 Å². The smallest absolute Gasteiger partial charge is 0.0443 e. The summed E-state index contributed by atoms with van der Waals surface area (Å²) in [6, 6.07) is 0. The van der Waals surface area contributed by atoms with Crippen molar-refractivity contribution in [2.75, 3.05) is 0 Å². The topological polar surface area (TPSA) is 0 Å². The van der Waals surface area contributed by atoms with Gasteiger partial charge in [-0.1, -0.05) is 87.5 Å². The van der Waals surface area contributed by atoms with Crippen LogP contribution in [0.2, 0.25) is 0 Å². The summed E-state index contributed by atoms with van der Waals surface area (Å²) >= 11 is 0. The molecule has 0 heterocycles. The molecule has 0 amide bonds. The van der Waals surface area contributed by atoms with Crippen LogP contribution in [-0.4, -0.2) is 0 Å². The molecule has 0 heteroatoms. The molecular formula is C15H36. The van der Waals surface area contributed by atoms with E-state index in [9.17, 15) is 0 Å². The van der Waals surface area contributed by atoms with Gasteiger partial charge in [0, 0.05) is 0 Å². The van der Waals surface area contributed by atoms with Crippen LogP contribution in [0.1, 0.15) is 87.5 Å². The molecule has 0 radical (unpaired) electrons. The summed E-state index contributed by atoms with van der Waals surface area (Å²) < 4.78 is 0. The average molecular weight is 216 g/mol. The highest BCUT2D eigenvalue weighted by Crippen LogP contribution is 2.27. The van der Waals surface area contributed by atoms with Crippen molar-refractivity contribution >= 4 is 0 Å².